The van der Waals surface area contributed by atoms with E-state index in [1.165, 1.54) is 31.2 Å². The molecule has 1 saturated heterocycles. The molecule has 2 aliphatic rings. The van der Waals surface area contributed by atoms with Gasteiger partial charge in [0.2, 0.25) is 5.91 Å². The summed E-state index contributed by atoms with van der Waals surface area (Å²) in [6.07, 6.45) is 5.63. The summed E-state index contributed by atoms with van der Waals surface area (Å²) in [6, 6.07) is 11.3. The normalized spacial score (nSPS) is 28.0. The molecule has 23 heavy (non-hydrogen) atoms. The Morgan fingerprint density at radius 1 is 1.17 bits per heavy atom. The Kier molecular flexibility index (Phi) is 6.91. The fraction of sp³-hybridized carbons (Fsp3) is 0.632. The molecule has 3 nitrogen and oxygen atoms in total. The average molecular weight is 337 g/mol. The first-order chi connectivity index (χ1) is 10.7. The summed E-state index contributed by atoms with van der Waals surface area (Å²) in [5.41, 5.74) is 1.48. The van der Waals surface area contributed by atoms with E-state index in [1.54, 1.807) is 0 Å². The van der Waals surface area contributed by atoms with E-state index in [9.17, 15) is 4.79 Å². The molecule has 1 saturated carbocycles. The molecule has 1 unspecified atom stereocenters. The van der Waals surface area contributed by atoms with Crippen LogP contribution in [0.25, 0.3) is 0 Å². The molecule has 2 fully saturated rings. The lowest BCUT2D eigenvalue weighted by Crippen LogP contribution is -2.51. The second-order valence-corrected chi connectivity index (χ2v) is 7.03. The van der Waals surface area contributed by atoms with Gasteiger partial charge in [0.1, 0.15) is 0 Å². The Morgan fingerprint density at radius 2 is 1.87 bits per heavy atom. The Morgan fingerprint density at radius 3 is 2.52 bits per heavy atom. The van der Waals surface area contributed by atoms with Gasteiger partial charge in [-0.1, -0.05) is 30.3 Å². The number of benzene rings is 1. The van der Waals surface area contributed by atoms with Gasteiger partial charge in [-0.15, -0.1) is 12.4 Å². The fourth-order valence-electron chi connectivity index (χ4n) is 3.96. The molecule has 128 valence electrons. The molecule has 4 heteroatoms. The SMILES string of the molecule is CC1CN(C(=O)CC2CCC(c3ccccc3)CC2)CCN1.Cl. The van der Waals surface area contributed by atoms with E-state index in [-0.39, 0.29) is 12.4 Å². The highest BCUT2D eigenvalue weighted by Gasteiger charge is 2.27. The number of halogens is 1. The third kappa shape index (κ3) is 4.95. The number of hydrogen-bond acceptors (Lipinski definition) is 2. The van der Waals surface area contributed by atoms with Gasteiger partial charge in [0, 0.05) is 32.1 Å². The molecule has 0 aromatic heterocycles. The second kappa shape index (κ2) is 8.70. The minimum atomic E-state index is 0. The summed E-state index contributed by atoms with van der Waals surface area (Å²) in [6.45, 7) is 4.85. The van der Waals surface area contributed by atoms with Crippen molar-refractivity contribution in [1.82, 2.24) is 10.2 Å². The number of nitrogens with zero attached hydrogens (tertiary/aromatic N) is 1. The van der Waals surface area contributed by atoms with E-state index in [0.29, 0.717) is 23.8 Å². The van der Waals surface area contributed by atoms with Crippen LogP contribution in [0.15, 0.2) is 30.3 Å². The number of hydrogen-bond donors (Lipinski definition) is 1. The van der Waals surface area contributed by atoms with Gasteiger partial charge in [0.25, 0.3) is 0 Å². The lowest BCUT2D eigenvalue weighted by atomic mass is 9.77. The van der Waals surface area contributed by atoms with Gasteiger partial charge >= 0.3 is 0 Å². The molecule has 1 aliphatic carbocycles. The fourth-order valence-corrected chi connectivity index (χ4v) is 3.96. The number of piperazine rings is 1. The van der Waals surface area contributed by atoms with E-state index in [1.807, 2.05) is 0 Å². The van der Waals surface area contributed by atoms with Crippen LogP contribution in [-0.4, -0.2) is 36.5 Å². The van der Waals surface area contributed by atoms with E-state index >= 15 is 0 Å². The first-order valence-electron chi connectivity index (χ1n) is 8.78. The molecule has 1 N–H and O–H groups in total. The smallest absolute Gasteiger partial charge is 0.222 e. The van der Waals surface area contributed by atoms with Crippen LogP contribution in [0.2, 0.25) is 0 Å². The quantitative estimate of drug-likeness (QED) is 0.914. The Balaban J connectivity index is 0.00000192. The highest BCUT2D eigenvalue weighted by molar-refractivity contribution is 5.85. The van der Waals surface area contributed by atoms with E-state index < -0.39 is 0 Å². The van der Waals surface area contributed by atoms with Gasteiger partial charge < -0.3 is 10.2 Å². The van der Waals surface area contributed by atoms with Crippen LogP contribution in [0.4, 0.5) is 0 Å². The average Bonchev–Trinajstić information content (AvgIpc) is 2.56. The van der Waals surface area contributed by atoms with Crippen LogP contribution >= 0.6 is 12.4 Å². The highest BCUT2D eigenvalue weighted by Crippen LogP contribution is 2.37. The third-order valence-electron chi connectivity index (χ3n) is 5.30. The summed E-state index contributed by atoms with van der Waals surface area (Å²) in [5, 5.41) is 3.40. The van der Waals surface area contributed by atoms with Crippen molar-refractivity contribution in [3.8, 4) is 0 Å². The van der Waals surface area contributed by atoms with Crippen molar-refractivity contribution >= 4 is 18.3 Å². The lowest BCUT2D eigenvalue weighted by Gasteiger charge is -2.34. The molecule has 1 amide bonds. The molecular formula is C19H29ClN2O. The van der Waals surface area contributed by atoms with Crippen LogP contribution < -0.4 is 5.32 Å². The number of carbonyl (C=O) groups is 1. The number of carbonyl (C=O) groups excluding carboxylic acids is 1. The van der Waals surface area contributed by atoms with Crippen molar-refractivity contribution in [2.75, 3.05) is 19.6 Å². The highest BCUT2D eigenvalue weighted by atomic mass is 35.5. The second-order valence-electron chi connectivity index (χ2n) is 7.03. The van der Waals surface area contributed by atoms with Gasteiger partial charge in [-0.25, -0.2) is 0 Å². The molecule has 1 aromatic carbocycles. The predicted octanol–water partition coefficient (Wildman–Crippen LogP) is 3.59. The molecule has 0 spiro atoms. The van der Waals surface area contributed by atoms with Crippen molar-refractivity contribution in [3.63, 3.8) is 0 Å². The predicted molar refractivity (Wildman–Crippen MR) is 97.1 cm³/mol. The molecule has 1 aromatic rings. The van der Waals surface area contributed by atoms with Crippen molar-refractivity contribution in [2.45, 2.75) is 51.0 Å². The van der Waals surface area contributed by atoms with Crippen molar-refractivity contribution in [2.24, 2.45) is 5.92 Å². The number of nitrogens with one attached hydrogen (secondary N) is 1. The van der Waals surface area contributed by atoms with Gasteiger partial charge in [-0.3, -0.25) is 4.79 Å². The largest absolute Gasteiger partial charge is 0.340 e. The van der Waals surface area contributed by atoms with Gasteiger partial charge in [-0.2, -0.15) is 0 Å². The first kappa shape index (κ1) is 18.3. The lowest BCUT2D eigenvalue weighted by molar-refractivity contribution is -0.133. The molecule has 1 heterocycles. The van der Waals surface area contributed by atoms with Crippen LogP contribution in [0.3, 0.4) is 0 Å². The minimum absolute atomic E-state index is 0. The molecule has 1 atom stereocenters. The van der Waals surface area contributed by atoms with Crippen LogP contribution in [0.5, 0.6) is 0 Å². The first-order valence-corrected chi connectivity index (χ1v) is 8.78. The van der Waals surface area contributed by atoms with Crippen molar-refractivity contribution in [3.05, 3.63) is 35.9 Å². The number of amides is 1. The monoisotopic (exact) mass is 336 g/mol. The maximum Gasteiger partial charge on any atom is 0.222 e. The van der Waals surface area contributed by atoms with Gasteiger partial charge in [0.15, 0.2) is 0 Å². The van der Waals surface area contributed by atoms with Crippen LogP contribution in [-0.2, 0) is 4.79 Å². The summed E-state index contributed by atoms with van der Waals surface area (Å²) in [4.78, 5) is 14.5. The summed E-state index contributed by atoms with van der Waals surface area (Å²) < 4.78 is 0. The maximum atomic E-state index is 12.5. The van der Waals surface area contributed by atoms with E-state index in [4.69, 9.17) is 0 Å². The molecular weight excluding hydrogens is 308 g/mol. The molecule has 0 bridgehead atoms. The van der Waals surface area contributed by atoms with Gasteiger partial charge in [0.05, 0.1) is 0 Å². The zero-order chi connectivity index (χ0) is 15.4. The molecule has 1 aliphatic heterocycles. The van der Waals surface area contributed by atoms with E-state index in [0.717, 1.165) is 26.1 Å². The third-order valence-corrected chi connectivity index (χ3v) is 5.30. The Bertz CT molecular complexity index is 485. The molecule has 3 rings (SSSR count). The zero-order valence-electron chi connectivity index (χ0n) is 14.0. The van der Waals surface area contributed by atoms with Crippen LogP contribution in [0, 0.1) is 5.92 Å². The van der Waals surface area contributed by atoms with Crippen molar-refractivity contribution < 1.29 is 4.79 Å². The maximum absolute atomic E-state index is 12.5. The number of rotatable bonds is 3. The Labute approximate surface area is 146 Å². The zero-order valence-corrected chi connectivity index (χ0v) is 14.9. The topological polar surface area (TPSA) is 32.3 Å². The molecule has 0 radical (unpaired) electrons. The standard InChI is InChI=1S/C19H28N2O.ClH/c1-15-14-21(12-11-20-15)19(22)13-16-7-9-18(10-8-16)17-5-3-2-4-6-17;/h2-6,15-16,18,20H,7-14H2,1H3;1H. The summed E-state index contributed by atoms with van der Waals surface area (Å²) in [7, 11) is 0. The Hall–Kier alpha value is -1.06. The van der Waals surface area contributed by atoms with Gasteiger partial charge in [-0.05, 0) is 50.0 Å². The van der Waals surface area contributed by atoms with Crippen molar-refractivity contribution in [1.29, 1.82) is 0 Å². The summed E-state index contributed by atoms with van der Waals surface area (Å²) >= 11 is 0. The summed E-state index contributed by atoms with van der Waals surface area (Å²) in [5.74, 6) is 1.67. The van der Waals surface area contributed by atoms with Crippen LogP contribution in [0.1, 0.15) is 50.5 Å². The van der Waals surface area contributed by atoms with E-state index in [2.05, 4.69) is 47.5 Å². The minimum Gasteiger partial charge on any atom is -0.340 e.